The van der Waals surface area contributed by atoms with Gasteiger partial charge in [-0.05, 0) is 39.2 Å². The van der Waals surface area contributed by atoms with Gasteiger partial charge in [0.05, 0.1) is 11.7 Å². The van der Waals surface area contributed by atoms with E-state index in [4.69, 9.17) is 0 Å². The van der Waals surface area contributed by atoms with Crippen LogP contribution >= 0.6 is 0 Å². The van der Waals surface area contributed by atoms with Gasteiger partial charge in [0.25, 0.3) is 5.56 Å². The zero-order valence-corrected chi connectivity index (χ0v) is 15.0. The Hall–Kier alpha value is -2.90. The van der Waals surface area contributed by atoms with Crippen LogP contribution in [0.15, 0.2) is 29.3 Å². The molecule has 1 aliphatic rings. The maximum atomic E-state index is 13.0. The summed E-state index contributed by atoms with van der Waals surface area (Å²) in [5.41, 5.74) is 2.48. The quantitative estimate of drug-likeness (QED) is 0.774. The summed E-state index contributed by atoms with van der Waals surface area (Å²) in [6, 6.07) is 3.40. The lowest BCUT2D eigenvalue weighted by Crippen LogP contribution is -2.41. The maximum Gasteiger partial charge on any atom is 0.259 e. The highest BCUT2D eigenvalue weighted by Gasteiger charge is 2.29. The third-order valence-corrected chi connectivity index (χ3v) is 4.98. The van der Waals surface area contributed by atoms with Crippen LogP contribution in [0.3, 0.4) is 0 Å². The number of fused-ring (bicyclic) bond motifs is 1. The molecule has 8 heteroatoms. The van der Waals surface area contributed by atoms with E-state index in [2.05, 4.69) is 15.1 Å². The SMILES string of the molecule is Cc1cc(C)n(CC(=O)N2CCCC[C@@H]2c2cc(=O)n3ccnc3[nH]2)n1. The Morgan fingerprint density at radius 2 is 2.15 bits per heavy atom. The van der Waals surface area contributed by atoms with E-state index in [1.54, 1.807) is 23.1 Å². The molecule has 0 unspecified atom stereocenters. The molecular formula is C18H22N6O2. The van der Waals surface area contributed by atoms with Gasteiger partial charge in [-0.2, -0.15) is 5.10 Å². The molecule has 1 fully saturated rings. The number of nitrogens with zero attached hydrogens (tertiary/aromatic N) is 5. The van der Waals surface area contributed by atoms with Crippen LogP contribution in [0.25, 0.3) is 5.78 Å². The van der Waals surface area contributed by atoms with Gasteiger partial charge in [-0.15, -0.1) is 0 Å². The summed E-state index contributed by atoms with van der Waals surface area (Å²) in [5, 5.41) is 4.39. The molecule has 136 valence electrons. The third-order valence-electron chi connectivity index (χ3n) is 4.98. The Bertz CT molecular complexity index is 1010. The number of H-pyrrole nitrogens is 1. The standard InChI is InChI=1S/C18H22N6O2/c1-12-9-13(2)24(21-12)11-17(26)22-7-4-3-5-15(22)14-10-16(25)23-8-6-19-18(23)20-14/h6,8-10,15H,3-5,7,11H2,1-2H3,(H,19,20)/t15-/m1/s1. The predicted octanol–water partition coefficient (Wildman–Crippen LogP) is 1.59. The van der Waals surface area contributed by atoms with Crippen LogP contribution in [0, 0.1) is 13.8 Å². The van der Waals surface area contributed by atoms with Crippen molar-refractivity contribution in [3.63, 3.8) is 0 Å². The second-order valence-corrected chi connectivity index (χ2v) is 6.87. The lowest BCUT2D eigenvalue weighted by molar-refractivity contribution is -0.136. The first-order chi connectivity index (χ1) is 12.5. The molecule has 0 saturated carbocycles. The van der Waals surface area contributed by atoms with E-state index < -0.39 is 0 Å². The highest BCUT2D eigenvalue weighted by atomic mass is 16.2. The minimum atomic E-state index is -0.136. The zero-order valence-electron chi connectivity index (χ0n) is 15.0. The molecule has 26 heavy (non-hydrogen) atoms. The van der Waals surface area contributed by atoms with E-state index >= 15 is 0 Å². The van der Waals surface area contributed by atoms with Gasteiger partial charge in [0.2, 0.25) is 11.7 Å². The monoisotopic (exact) mass is 354 g/mol. The molecule has 0 bridgehead atoms. The van der Waals surface area contributed by atoms with Crippen molar-refractivity contribution in [2.75, 3.05) is 6.54 Å². The van der Waals surface area contributed by atoms with Crippen LogP contribution in [0.1, 0.15) is 42.4 Å². The lowest BCUT2D eigenvalue weighted by atomic mass is 9.99. The average molecular weight is 354 g/mol. The molecule has 0 aromatic carbocycles. The fraction of sp³-hybridized carbons (Fsp3) is 0.444. The molecular weight excluding hydrogens is 332 g/mol. The summed E-state index contributed by atoms with van der Waals surface area (Å²) in [7, 11) is 0. The third kappa shape index (κ3) is 2.91. The number of likely N-dealkylation sites (tertiary alicyclic amines) is 1. The van der Waals surface area contributed by atoms with E-state index in [1.807, 2.05) is 24.8 Å². The topological polar surface area (TPSA) is 88.3 Å². The van der Waals surface area contributed by atoms with Gasteiger partial charge < -0.3 is 9.88 Å². The fourth-order valence-electron chi connectivity index (χ4n) is 3.73. The highest BCUT2D eigenvalue weighted by molar-refractivity contribution is 5.76. The molecule has 1 saturated heterocycles. The Kier molecular flexibility index (Phi) is 4.10. The van der Waals surface area contributed by atoms with Gasteiger partial charge in [0.15, 0.2) is 0 Å². The van der Waals surface area contributed by atoms with Crippen LogP contribution in [0.5, 0.6) is 0 Å². The minimum Gasteiger partial charge on any atom is -0.333 e. The first kappa shape index (κ1) is 16.6. The summed E-state index contributed by atoms with van der Waals surface area (Å²) >= 11 is 0. The molecule has 3 aromatic heterocycles. The minimum absolute atomic E-state index is 0.0185. The van der Waals surface area contributed by atoms with Gasteiger partial charge in [0.1, 0.15) is 6.54 Å². The number of hydrogen-bond donors (Lipinski definition) is 1. The first-order valence-corrected chi connectivity index (χ1v) is 8.90. The maximum absolute atomic E-state index is 13.0. The van der Waals surface area contributed by atoms with Crippen LogP contribution < -0.4 is 5.56 Å². The molecule has 0 radical (unpaired) electrons. The largest absolute Gasteiger partial charge is 0.333 e. The Labute approximate surface area is 150 Å². The highest BCUT2D eigenvalue weighted by Crippen LogP contribution is 2.29. The van der Waals surface area contributed by atoms with E-state index in [-0.39, 0.29) is 24.1 Å². The van der Waals surface area contributed by atoms with Gasteiger partial charge in [-0.25, -0.2) is 4.98 Å². The Morgan fingerprint density at radius 3 is 2.92 bits per heavy atom. The van der Waals surface area contributed by atoms with Crippen LogP contribution in [0.2, 0.25) is 0 Å². The van der Waals surface area contributed by atoms with E-state index in [1.165, 1.54) is 4.40 Å². The van der Waals surface area contributed by atoms with E-state index in [0.29, 0.717) is 12.3 Å². The number of imidazole rings is 1. The number of aryl methyl sites for hydroxylation is 2. The molecule has 1 atom stereocenters. The van der Waals surface area contributed by atoms with E-state index in [0.717, 1.165) is 36.3 Å². The number of hydrogen-bond acceptors (Lipinski definition) is 4. The number of aromatic nitrogens is 5. The number of rotatable bonds is 3. The number of aromatic amines is 1. The summed E-state index contributed by atoms with van der Waals surface area (Å²) in [6.07, 6.45) is 6.04. The smallest absolute Gasteiger partial charge is 0.259 e. The summed E-state index contributed by atoms with van der Waals surface area (Å²) in [5.74, 6) is 0.522. The average Bonchev–Trinajstić information content (AvgIpc) is 3.21. The summed E-state index contributed by atoms with van der Waals surface area (Å²) in [4.78, 5) is 34.5. The van der Waals surface area contributed by atoms with Crippen molar-refractivity contribution in [1.29, 1.82) is 0 Å². The molecule has 3 aromatic rings. The molecule has 4 rings (SSSR count). The van der Waals surface area contributed by atoms with Crippen molar-refractivity contribution in [1.82, 2.24) is 29.0 Å². The van der Waals surface area contributed by atoms with Crippen molar-refractivity contribution in [3.8, 4) is 0 Å². The first-order valence-electron chi connectivity index (χ1n) is 8.90. The zero-order chi connectivity index (χ0) is 18.3. The van der Waals surface area contributed by atoms with Crippen LogP contribution in [0.4, 0.5) is 0 Å². The predicted molar refractivity (Wildman–Crippen MR) is 95.8 cm³/mol. The van der Waals surface area contributed by atoms with Crippen molar-refractivity contribution in [2.24, 2.45) is 0 Å². The number of carbonyl (C=O) groups excluding carboxylic acids is 1. The van der Waals surface area contributed by atoms with E-state index in [9.17, 15) is 9.59 Å². The van der Waals surface area contributed by atoms with Gasteiger partial charge in [-0.3, -0.25) is 18.7 Å². The lowest BCUT2D eigenvalue weighted by Gasteiger charge is -2.35. The summed E-state index contributed by atoms with van der Waals surface area (Å²) in [6.45, 7) is 4.77. The second kappa shape index (κ2) is 6.44. The van der Waals surface area contributed by atoms with Crippen molar-refractivity contribution < 1.29 is 4.79 Å². The Balaban J connectivity index is 1.64. The number of amides is 1. The normalized spacial score (nSPS) is 17.8. The van der Waals surface area contributed by atoms with Gasteiger partial charge >= 0.3 is 0 Å². The molecule has 1 N–H and O–H groups in total. The molecule has 4 heterocycles. The van der Waals surface area contributed by atoms with Crippen molar-refractivity contribution >= 4 is 11.7 Å². The molecule has 0 spiro atoms. The number of nitrogens with one attached hydrogen (secondary N) is 1. The Morgan fingerprint density at radius 1 is 1.31 bits per heavy atom. The molecule has 0 aliphatic carbocycles. The van der Waals surface area contributed by atoms with Crippen LogP contribution in [-0.2, 0) is 11.3 Å². The number of piperidine rings is 1. The second-order valence-electron chi connectivity index (χ2n) is 6.87. The number of carbonyl (C=O) groups is 1. The fourth-order valence-corrected chi connectivity index (χ4v) is 3.73. The van der Waals surface area contributed by atoms with Gasteiger partial charge in [-0.1, -0.05) is 0 Å². The van der Waals surface area contributed by atoms with Crippen molar-refractivity contribution in [2.45, 2.75) is 45.7 Å². The van der Waals surface area contributed by atoms with Gasteiger partial charge in [0, 0.05) is 36.4 Å². The molecule has 1 amide bonds. The van der Waals surface area contributed by atoms with Crippen molar-refractivity contribution in [3.05, 3.63) is 52.0 Å². The molecule has 8 nitrogen and oxygen atoms in total. The molecule has 1 aliphatic heterocycles. The summed E-state index contributed by atoms with van der Waals surface area (Å²) < 4.78 is 3.21. The van der Waals surface area contributed by atoms with Crippen LogP contribution in [-0.4, -0.2) is 41.5 Å².